The third-order valence-corrected chi connectivity index (χ3v) is 5.06. The second-order valence-corrected chi connectivity index (χ2v) is 6.97. The molecule has 7 nitrogen and oxygen atoms in total. The minimum atomic E-state index is -0.778. The van der Waals surface area contributed by atoms with Crippen LogP contribution in [0.25, 0.3) is 0 Å². The summed E-state index contributed by atoms with van der Waals surface area (Å²) in [6, 6.07) is 12.0. The van der Waals surface area contributed by atoms with Gasteiger partial charge in [0.1, 0.15) is 17.6 Å². The maximum absolute atomic E-state index is 13.1. The Kier molecular flexibility index (Phi) is 6.66. The summed E-state index contributed by atoms with van der Waals surface area (Å²) in [5.74, 6) is -1.63. The third kappa shape index (κ3) is 4.59. The molecule has 2 aromatic carbocycles. The van der Waals surface area contributed by atoms with Crippen LogP contribution < -0.4 is 10.1 Å². The molecule has 30 heavy (non-hydrogen) atoms. The molecule has 0 saturated carbocycles. The van der Waals surface area contributed by atoms with E-state index in [2.05, 4.69) is 5.32 Å². The van der Waals surface area contributed by atoms with Gasteiger partial charge in [0.2, 0.25) is 5.91 Å². The first kappa shape index (κ1) is 21.3. The van der Waals surface area contributed by atoms with Gasteiger partial charge in [-0.15, -0.1) is 0 Å². The Morgan fingerprint density at radius 2 is 1.80 bits per heavy atom. The van der Waals surface area contributed by atoms with Crippen LogP contribution in [-0.2, 0) is 20.9 Å². The lowest BCUT2D eigenvalue weighted by Gasteiger charge is -2.37. The maximum Gasteiger partial charge on any atom is 0.312 e. The van der Waals surface area contributed by atoms with Crippen LogP contribution in [0.3, 0.4) is 0 Å². The lowest BCUT2D eigenvalue weighted by atomic mass is 10.1. The van der Waals surface area contributed by atoms with Gasteiger partial charge >= 0.3 is 11.8 Å². The van der Waals surface area contributed by atoms with Gasteiger partial charge in [0.25, 0.3) is 0 Å². The van der Waals surface area contributed by atoms with Gasteiger partial charge in [-0.3, -0.25) is 14.4 Å². The molecule has 2 aromatic rings. The van der Waals surface area contributed by atoms with Crippen molar-refractivity contribution in [1.29, 1.82) is 0 Å². The molecule has 1 saturated heterocycles. The Balaban J connectivity index is 1.68. The molecule has 0 radical (unpaired) electrons. The van der Waals surface area contributed by atoms with Crippen LogP contribution in [0.5, 0.6) is 5.75 Å². The van der Waals surface area contributed by atoms with E-state index in [4.69, 9.17) is 4.74 Å². The molecule has 3 rings (SSSR count). The molecule has 8 heteroatoms. The Bertz CT molecular complexity index is 932. The zero-order valence-corrected chi connectivity index (χ0v) is 16.9. The standard InChI is InChI=1S/C22H24FN3O4/c1-3-18(20(27)24-17-6-4-5-7-19(17)30-2)26-13-12-25(21(28)22(26)29)14-15-8-10-16(23)11-9-15/h4-11,18H,3,12-14H2,1-2H3,(H,24,27)/t18-/m0/s1. The van der Waals surface area contributed by atoms with Crippen molar-refractivity contribution in [2.24, 2.45) is 0 Å². The van der Waals surface area contributed by atoms with E-state index in [0.29, 0.717) is 24.4 Å². The summed E-state index contributed by atoms with van der Waals surface area (Å²) in [6.07, 6.45) is 0.359. The van der Waals surface area contributed by atoms with Crippen molar-refractivity contribution in [2.45, 2.75) is 25.9 Å². The van der Waals surface area contributed by atoms with E-state index >= 15 is 0 Å². The third-order valence-electron chi connectivity index (χ3n) is 5.06. The molecule has 1 N–H and O–H groups in total. The zero-order chi connectivity index (χ0) is 21.7. The van der Waals surface area contributed by atoms with Gasteiger partial charge < -0.3 is 19.9 Å². The average Bonchev–Trinajstić information content (AvgIpc) is 2.75. The highest BCUT2D eigenvalue weighted by molar-refractivity contribution is 6.35. The number of ether oxygens (including phenoxy) is 1. The number of para-hydroxylation sites is 2. The molecular formula is C22H24FN3O4. The molecule has 1 aliphatic heterocycles. The zero-order valence-electron chi connectivity index (χ0n) is 16.9. The number of piperazine rings is 1. The van der Waals surface area contributed by atoms with Crippen LogP contribution in [-0.4, -0.2) is 53.8 Å². The highest BCUT2D eigenvalue weighted by Gasteiger charge is 2.38. The molecular weight excluding hydrogens is 389 g/mol. The molecule has 1 heterocycles. The van der Waals surface area contributed by atoms with Crippen molar-refractivity contribution >= 4 is 23.4 Å². The van der Waals surface area contributed by atoms with Crippen LogP contribution in [0.4, 0.5) is 10.1 Å². The summed E-state index contributed by atoms with van der Waals surface area (Å²) in [4.78, 5) is 40.9. The number of carbonyl (C=O) groups is 3. The van der Waals surface area contributed by atoms with E-state index in [1.165, 1.54) is 29.0 Å². The van der Waals surface area contributed by atoms with E-state index in [-0.39, 0.29) is 24.8 Å². The van der Waals surface area contributed by atoms with E-state index in [0.717, 1.165) is 5.56 Å². The largest absolute Gasteiger partial charge is 0.495 e. The number of nitrogens with one attached hydrogen (secondary N) is 1. The topological polar surface area (TPSA) is 79.0 Å². The highest BCUT2D eigenvalue weighted by Crippen LogP contribution is 2.24. The van der Waals surface area contributed by atoms with E-state index in [1.54, 1.807) is 43.3 Å². The summed E-state index contributed by atoms with van der Waals surface area (Å²) >= 11 is 0. The molecule has 1 atom stereocenters. The number of methoxy groups -OCH3 is 1. The molecule has 158 valence electrons. The Labute approximate surface area is 174 Å². The number of benzene rings is 2. The van der Waals surface area contributed by atoms with Crippen molar-refractivity contribution in [1.82, 2.24) is 9.80 Å². The number of carbonyl (C=O) groups excluding carboxylic acids is 3. The van der Waals surface area contributed by atoms with Crippen molar-refractivity contribution < 1.29 is 23.5 Å². The highest BCUT2D eigenvalue weighted by atomic mass is 19.1. The first-order valence-corrected chi connectivity index (χ1v) is 9.72. The molecule has 3 amide bonds. The molecule has 1 fully saturated rings. The predicted octanol–water partition coefficient (Wildman–Crippen LogP) is 2.42. The summed E-state index contributed by atoms with van der Waals surface area (Å²) in [7, 11) is 1.50. The second kappa shape index (κ2) is 9.39. The second-order valence-electron chi connectivity index (χ2n) is 6.97. The number of nitrogens with zero attached hydrogens (tertiary/aromatic N) is 2. The molecule has 0 unspecified atom stereocenters. The Morgan fingerprint density at radius 3 is 2.47 bits per heavy atom. The van der Waals surface area contributed by atoms with Crippen LogP contribution in [0, 0.1) is 5.82 Å². The number of hydrogen-bond donors (Lipinski definition) is 1. The van der Waals surface area contributed by atoms with Crippen molar-refractivity contribution in [2.75, 3.05) is 25.5 Å². The number of hydrogen-bond acceptors (Lipinski definition) is 4. The number of anilines is 1. The fourth-order valence-electron chi connectivity index (χ4n) is 3.46. The summed E-state index contributed by atoms with van der Waals surface area (Å²) in [6.45, 7) is 2.53. The van der Waals surface area contributed by atoms with Gasteiger partial charge in [-0.2, -0.15) is 0 Å². The Hall–Kier alpha value is -3.42. The lowest BCUT2D eigenvalue weighted by Crippen LogP contribution is -2.59. The van der Waals surface area contributed by atoms with Gasteiger partial charge in [0, 0.05) is 19.6 Å². The maximum atomic E-state index is 13.1. The number of halogens is 1. The Morgan fingerprint density at radius 1 is 1.10 bits per heavy atom. The van der Waals surface area contributed by atoms with Crippen molar-refractivity contribution in [3.8, 4) is 5.75 Å². The van der Waals surface area contributed by atoms with Crippen LogP contribution in [0.1, 0.15) is 18.9 Å². The summed E-state index contributed by atoms with van der Waals surface area (Å²) in [5, 5.41) is 2.78. The summed E-state index contributed by atoms with van der Waals surface area (Å²) < 4.78 is 18.3. The minimum Gasteiger partial charge on any atom is -0.495 e. The molecule has 1 aliphatic rings. The number of amides is 3. The summed E-state index contributed by atoms with van der Waals surface area (Å²) in [5.41, 5.74) is 1.23. The smallest absolute Gasteiger partial charge is 0.312 e. The molecule has 0 aliphatic carbocycles. The van der Waals surface area contributed by atoms with Gasteiger partial charge in [0.15, 0.2) is 0 Å². The minimum absolute atomic E-state index is 0.211. The SMILES string of the molecule is CC[C@@H](C(=O)Nc1ccccc1OC)N1CCN(Cc2ccc(F)cc2)C(=O)C1=O. The van der Waals surface area contributed by atoms with Gasteiger partial charge in [0.05, 0.1) is 12.8 Å². The molecule has 0 spiro atoms. The predicted molar refractivity (Wildman–Crippen MR) is 109 cm³/mol. The first-order valence-electron chi connectivity index (χ1n) is 9.72. The fourth-order valence-corrected chi connectivity index (χ4v) is 3.46. The van der Waals surface area contributed by atoms with Crippen LogP contribution in [0.15, 0.2) is 48.5 Å². The fraction of sp³-hybridized carbons (Fsp3) is 0.318. The van der Waals surface area contributed by atoms with Crippen LogP contribution in [0.2, 0.25) is 0 Å². The van der Waals surface area contributed by atoms with Gasteiger partial charge in [-0.25, -0.2) is 4.39 Å². The lowest BCUT2D eigenvalue weighted by molar-refractivity contribution is -0.159. The van der Waals surface area contributed by atoms with E-state index in [9.17, 15) is 18.8 Å². The van der Waals surface area contributed by atoms with Gasteiger partial charge in [-0.1, -0.05) is 31.2 Å². The average molecular weight is 413 g/mol. The monoisotopic (exact) mass is 413 g/mol. The van der Waals surface area contributed by atoms with Crippen molar-refractivity contribution in [3.63, 3.8) is 0 Å². The van der Waals surface area contributed by atoms with E-state index < -0.39 is 17.9 Å². The normalized spacial score (nSPS) is 15.2. The van der Waals surface area contributed by atoms with Crippen LogP contribution >= 0.6 is 0 Å². The van der Waals surface area contributed by atoms with Crippen molar-refractivity contribution in [3.05, 3.63) is 59.9 Å². The molecule has 0 aromatic heterocycles. The van der Waals surface area contributed by atoms with E-state index in [1.807, 2.05) is 0 Å². The first-order chi connectivity index (χ1) is 14.4. The number of rotatable bonds is 7. The molecule has 0 bridgehead atoms. The quantitative estimate of drug-likeness (QED) is 0.707. The van der Waals surface area contributed by atoms with Gasteiger partial charge in [-0.05, 0) is 36.2 Å².